The third kappa shape index (κ3) is 5.73. The van der Waals surface area contributed by atoms with E-state index in [4.69, 9.17) is 16.2 Å². The molecule has 1 heterocycles. The minimum atomic E-state index is -4.76. The van der Waals surface area contributed by atoms with Crippen molar-refractivity contribution in [1.82, 2.24) is 0 Å². The third-order valence-corrected chi connectivity index (χ3v) is 6.21. The molecule has 3 aromatic carbocycles. The summed E-state index contributed by atoms with van der Waals surface area (Å²) in [5.41, 5.74) is 3.30. The molecule has 2 N–H and O–H groups in total. The summed E-state index contributed by atoms with van der Waals surface area (Å²) in [6, 6.07) is 18.7. The molecule has 0 spiro atoms. The van der Waals surface area contributed by atoms with E-state index in [1.54, 1.807) is 48.5 Å². The number of nitrogens with zero attached hydrogens (tertiary/aromatic N) is 2. The van der Waals surface area contributed by atoms with Crippen molar-refractivity contribution in [2.45, 2.75) is 19.8 Å². The van der Waals surface area contributed by atoms with Crippen LogP contribution < -0.4 is 10.2 Å². The molecule has 9 nitrogen and oxygen atoms in total. The van der Waals surface area contributed by atoms with Crippen molar-refractivity contribution in [2.75, 3.05) is 16.8 Å². The van der Waals surface area contributed by atoms with E-state index in [0.29, 0.717) is 41.9 Å². The van der Waals surface area contributed by atoms with Crippen LogP contribution >= 0.6 is 11.6 Å². The van der Waals surface area contributed by atoms with Crippen molar-refractivity contribution in [3.05, 3.63) is 94.0 Å². The maximum absolute atomic E-state index is 13.5. The van der Waals surface area contributed by atoms with Gasteiger partial charge in [-0.2, -0.15) is 8.42 Å². The number of rotatable bonds is 5. The minimum Gasteiger partial charge on any atom is -0.322 e. The van der Waals surface area contributed by atoms with Crippen molar-refractivity contribution < 1.29 is 26.8 Å². The van der Waals surface area contributed by atoms with Crippen LogP contribution in [-0.2, 0) is 14.7 Å². The van der Waals surface area contributed by atoms with Crippen molar-refractivity contribution >= 4 is 50.9 Å². The second-order valence-electron chi connectivity index (χ2n) is 8.08. The number of benzene rings is 3. The maximum Gasteiger partial charge on any atom is 0.466 e. The Balaban J connectivity index is 1.60. The lowest BCUT2D eigenvalue weighted by Crippen LogP contribution is -2.32. The first kappa shape index (κ1) is 25.4. The van der Waals surface area contributed by atoms with E-state index < -0.39 is 10.4 Å². The van der Waals surface area contributed by atoms with Crippen molar-refractivity contribution in [1.29, 1.82) is 0 Å². The minimum absolute atomic E-state index is 0.160. The van der Waals surface area contributed by atoms with Crippen LogP contribution in [0.4, 0.5) is 11.4 Å². The SMILES string of the molecule is Cc1ccccc1C(=O)Nc1ccc(C(=O)N2CCCC(=NOS(=O)(=O)O)c3ccccc32)c(Cl)c1. The van der Waals surface area contributed by atoms with E-state index in [0.717, 1.165) is 5.56 Å². The first-order valence-corrected chi connectivity index (χ1v) is 12.7. The smallest absolute Gasteiger partial charge is 0.322 e. The Morgan fingerprint density at radius 3 is 2.50 bits per heavy atom. The number of oxime groups is 1. The molecule has 186 valence electrons. The number of carbonyl (C=O) groups is 2. The summed E-state index contributed by atoms with van der Waals surface area (Å²) in [6.07, 6.45) is 0.768. The normalized spacial score (nSPS) is 14.6. The molecule has 0 unspecified atom stereocenters. The van der Waals surface area contributed by atoms with Crippen molar-refractivity contribution in [3.63, 3.8) is 0 Å². The summed E-state index contributed by atoms with van der Waals surface area (Å²) in [6.45, 7) is 2.15. The van der Waals surface area contributed by atoms with Gasteiger partial charge in [0.15, 0.2) is 0 Å². The molecule has 11 heteroatoms. The fraction of sp³-hybridized carbons (Fsp3) is 0.160. The topological polar surface area (TPSA) is 125 Å². The second kappa shape index (κ2) is 10.5. The molecule has 0 saturated carbocycles. The van der Waals surface area contributed by atoms with Gasteiger partial charge < -0.3 is 10.2 Å². The van der Waals surface area contributed by atoms with E-state index >= 15 is 0 Å². The molecule has 0 aromatic heterocycles. The molecule has 0 fully saturated rings. The summed E-state index contributed by atoms with van der Waals surface area (Å²) in [7, 11) is -4.76. The monoisotopic (exact) mass is 527 g/mol. The number of hydrogen-bond acceptors (Lipinski definition) is 6. The summed E-state index contributed by atoms with van der Waals surface area (Å²) in [5.74, 6) is -0.662. The summed E-state index contributed by atoms with van der Waals surface area (Å²) in [4.78, 5) is 27.7. The largest absolute Gasteiger partial charge is 0.466 e. The number of anilines is 2. The summed E-state index contributed by atoms with van der Waals surface area (Å²) < 4.78 is 35.1. The van der Waals surface area contributed by atoms with Crippen molar-refractivity contribution in [2.24, 2.45) is 5.16 Å². The van der Waals surface area contributed by atoms with E-state index in [2.05, 4.69) is 14.8 Å². The number of nitrogens with one attached hydrogen (secondary N) is 1. The van der Waals surface area contributed by atoms with Gasteiger partial charge >= 0.3 is 10.4 Å². The molecule has 0 aliphatic carbocycles. The Hall–Kier alpha value is -3.73. The number of hydrogen-bond donors (Lipinski definition) is 2. The molecule has 0 radical (unpaired) electrons. The Bertz CT molecular complexity index is 1470. The van der Waals surface area contributed by atoms with Gasteiger partial charge in [-0.15, -0.1) is 0 Å². The standard InChI is InChI=1S/C25H22ClN3O6S/c1-16-7-2-3-8-18(16)24(30)27-17-12-13-19(21(26)15-17)25(31)29-14-6-10-22(28-35-36(32,33)34)20-9-4-5-11-23(20)29/h2-5,7-9,11-13,15H,6,10,14H2,1H3,(H,27,30)(H,32,33,34). The van der Waals surface area contributed by atoms with Gasteiger partial charge in [-0.25, -0.2) is 4.28 Å². The fourth-order valence-electron chi connectivity index (χ4n) is 3.95. The molecular weight excluding hydrogens is 506 g/mol. The van der Waals surface area contributed by atoms with Crippen LogP contribution in [0.25, 0.3) is 0 Å². The molecule has 4 rings (SSSR count). The van der Waals surface area contributed by atoms with Crippen LogP contribution in [0.15, 0.2) is 71.9 Å². The molecule has 0 bridgehead atoms. The number of para-hydroxylation sites is 1. The van der Waals surface area contributed by atoms with Gasteiger partial charge in [0, 0.05) is 23.4 Å². The van der Waals surface area contributed by atoms with E-state index in [1.165, 1.54) is 11.0 Å². The zero-order valence-corrected chi connectivity index (χ0v) is 20.7. The first-order valence-electron chi connectivity index (χ1n) is 10.9. The second-order valence-corrected chi connectivity index (χ2v) is 9.49. The molecule has 1 aliphatic heterocycles. The molecule has 0 saturated heterocycles. The highest BCUT2D eigenvalue weighted by Gasteiger charge is 2.27. The third-order valence-electron chi connectivity index (χ3n) is 5.63. The van der Waals surface area contributed by atoms with E-state index in [-0.39, 0.29) is 28.1 Å². The number of aryl methyl sites for hydroxylation is 1. The number of fused-ring (bicyclic) bond motifs is 1. The number of amides is 2. The molecule has 0 atom stereocenters. The highest BCUT2D eigenvalue weighted by Crippen LogP contribution is 2.31. The predicted octanol–water partition coefficient (Wildman–Crippen LogP) is 4.86. The predicted molar refractivity (Wildman–Crippen MR) is 137 cm³/mol. The summed E-state index contributed by atoms with van der Waals surface area (Å²) >= 11 is 6.46. The average Bonchev–Trinajstić information content (AvgIpc) is 3.02. The maximum atomic E-state index is 13.5. The number of carbonyl (C=O) groups excluding carboxylic acids is 2. The van der Waals surface area contributed by atoms with Gasteiger partial charge in [-0.05, 0) is 55.7 Å². The Labute approximate surface area is 213 Å². The highest BCUT2D eigenvalue weighted by molar-refractivity contribution is 7.80. The Morgan fingerprint density at radius 2 is 1.78 bits per heavy atom. The lowest BCUT2D eigenvalue weighted by Gasteiger charge is -2.23. The van der Waals surface area contributed by atoms with Gasteiger partial charge in [0.25, 0.3) is 11.8 Å². The van der Waals surface area contributed by atoms with Crippen LogP contribution in [0, 0.1) is 6.92 Å². The van der Waals surface area contributed by atoms with Crippen molar-refractivity contribution in [3.8, 4) is 0 Å². The Kier molecular flexibility index (Phi) is 7.39. The summed E-state index contributed by atoms with van der Waals surface area (Å²) in [5, 5.41) is 6.54. The van der Waals surface area contributed by atoms with E-state index in [9.17, 15) is 18.0 Å². The lowest BCUT2D eigenvalue weighted by molar-refractivity contribution is 0.0986. The first-order chi connectivity index (χ1) is 17.1. The Morgan fingerprint density at radius 1 is 1.06 bits per heavy atom. The molecule has 2 amide bonds. The fourth-order valence-corrected chi connectivity index (χ4v) is 4.39. The lowest BCUT2D eigenvalue weighted by atomic mass is 10.1. The molecule has 1 aliphatic rings. The van der Waals surface area contributed by atoms with Gasteiger partial charge in [-0.1, -0.05) is 53.2 Å². The van der Waals surface area contributed by atoms with Gasteiger partial charge in [0.1, 0.15) is 0 Å². The average molecular weight is 528 g/mol. The van der Waals surface area contributed by atoms with Crippen LogP contribution in [0.5, 0.6) is 0 Å². The van der Waals surface area contributed by atoms with Crippen LogP contribution in [0.2, 0.25) is 5.02 Å². The molecule has 3 aromatic rings. The zero-order valence-electron chi connectivity index (χ0n) is 19.1. The number of halogens is 1. The quantitative estimate of drug-likeness (QED) is 0.360. The van der Waals surface area contributed by atoms with Gasteiger partial charge in [-0.3, -0.25) is 14.1 Å². The molecule has 36 heavy (non-hydrogen) atoms. The van der Waals surface area contributed by atoms with Crippen LogP contribution in [0.3, 0.4) is 0 Å². The van der Waals surface area contributed by atoms with Gasteiger partial charge in [0.2, 0.25) is 0 Å². The van der Waals surface area contributed by atoms with Gasteiger partial charge in [0.05, 0.1) is 22.0 Å². The molecular formula is C25H22ClN3O6S. The van der Waals surface area contributed by atoms with E-state index in [1.807, 2.05) is 19.1 Å². The zero-order chi connectivity index (χ0) is 25.9. The highest BCUT2D eigenvalue weighted by atomic mass is 35.5. The van der Waals surface area contributed by atoms with Crippen LogP contribution in [0.1, 0.15) is 44.7 Å². The van der Waals surface area contributed by atoms with Crippen LogP contribution in [-0.4, -0.2) is 37.0 Å².